The Morgan fingerprint density at radius 2 is 1.96 bits per heavy atom. The molecule has 1 aliphatic rings. The third-order valence-electron chi connectivity index (χ3n) is 4.49. The number of benzene rings is 2. The third kappa shape index (κ3) is 4.73. The molecule has 2 aromatic rings. The number of hydrogen-bond donors (Lipinski definition) is 1. The summed E-state index contributed by atoms with van der Waals surface area (Å²) in [7, 11) is 0. The fraction of sp³-hybridized carbons (Fsp3) is 0.409. The molecule has 5 heteroatoms. The lowest BCUT2D eigenvalue weighted by Crippen LogP contribution is -2.20. The van der Waals surface area contributed by atoms with Crippen LogP contribution in [0.2, 0.25) is 0 Å². The van der Waals surface area contributed by atoms with E-state index in [-0.39, 0.29) is 18.6 Å². The average Bonchev–Trinajstić information content (AvgIpc) is 2.99. The van der Waals surface area contributed by atoms with Gasteiger partial charge in [-0.05, 0) is 43.5 Å². The lowest BCUT2D eigenvalue weighted by Gasteiger charge is -2.14. The van der Waals surface area contributed by atoms with Crippen LogP contribution in [0.3, 0.4) is 0 Å². The molecule has 2 aromatic carbocycles. The first-order chi connectivity index (χ1) is 13.0. The van der Waals surface area contributed by atoms with Crippen LogP contribution in [0.5, 0.6) is 17.2 Å². The molecule has 5 nitrogen and oxygen atoms in total. The highest BCUT2D eigenvalue weighted by atomic mass is 16.5. The fourth-order valence-corrected chi connectivity index (χ4v) is 3.10. The van der Waals surface area contributed by atoms with Gasteiger partial charge < -0.3 is 19.5 Å². The van der Waals surface area contributed by atoms with Crippen LogP contribution in [0.15, 0.2) is 36.4 Å². The molecule has 144 valence electrons. The number of carbonyl (C=O) groups is 1. The van der Waals surface area contributed by atoms with Gasteiger partial charge in [-0.1, -0.05) is 26.0 Å². The summed E-state index contributed by atoms with van der Waals surface area (Å²) in [6.45, 7) is 8.68. The van der Waals surface area contributed by atoms with Crippen molar-refractivity contribution in [3.63, 3.8) is 0 Å². The summed E-state index contributed by atoms with van der Waals surface area (Å²) in [6, 6.07) is 11.6. The molecule has 0 saturated heterocycles. The summed E-state index contributed by atoms with van der Waals surface area (Å²) in [5.74, 6) is 2.35. The molecule has 0 saturated carbocycles. The Labute approximate surface area is 160 Å². The van der Waals surface area contributed by atoms with E-state index < -0.39 is 0 Å². The second kappa shape index (κ2) is 8.33. The van der Waals surface area contributed by atoms with E-state index in [2.05, 4.69) is 19.2 Å². The fourth-order valence-electron chi connectivity index (χ4n) is 3.10. The molecule has 0 radical (unpaired) electrons. The molecule has 1 amide bonds. The lowest BCUT2D eigenvalue weighted by atomic mass is 10.0. The smallest absolute Gasteiger partial charge is 0.262 e. The highest BCUT2D eigenvalue weighted by Crippen LogP contribution is 2.38. The Hall–Kier alpha value is -2.69. The molecule has 0 aliphatic carbocycles. The van der Waals surface area contributed by atoms with E-state index in [9.17, 15) is 4.79 Å². The summed E-state index contributed by atoms with van der Waals surface area (Å²) in [5, 5.41) is 2.87. The molecule has 27 heavy (non-hydrogen) atoms. The Morgan fingerprint density at radius 1 is 1.22 bits per heavy atom. The van der Waals surface area contributed by atoms with Gasteiger partial charge in [-0.25, -0.2) is 0 Å². The molecule has 0 spiro atoms. The van der Waals surface area contributed by atoms with Crippen LogP contribution in [0, 0.1) is 0 Å². The number of hydrogen-bond acceptors (Lipinski definition) is 4. The quantitative estimate of drug-likeness (QED) is 0.778. The van der Waals surface area contributed by atoms with Gasteiger partial charge in [-0.2, -0.15) is 0 Å². The van der Waals surface area contributed by atoms with Crippen molar-refractivity contribution in [2.75, 3.05) is 18.5 Å². The molecule has 3 rings (SSSR count). The Kier molecular flexibility index (Phi) is 5.89. The second-order valence-electron chi connectivity index (χ2n) is 7.08. The Bertz CT molecular complexity index is 799. The van der Waals surface area contributed by atoms with Crippen LogP contribution < -0.4 is 19.5 Å². The third-order valence-corrected chi connectivity index (χ3v) is 4.49. The summed E-state index contributed by atoms with van der Waals surface area (Å²) in [4.78, 5) is 12.3. The minimum atomic E-state index is -0.241. The number of rotatable bonds is 7. The summed E-state index contributed by atoms with van der Waals surface area (Å²) < 4.78 is 17.1. The van der Waals surface area contributed by atoms with Gasteiger partial charge in [0, 0.05) is 18.1 Å². The van der Waals surface area contributed by atoms with Crippen molar-refractivity contribution in [1.82, 2.24) is 0 Å². The van der Waals surface area contributed by atoms with Gasteiger partial charge in [-0.15, -0.1) is 0 Å². The maximum Gasteiger partial charge on any atom is 0.262 e. The van der Waals surface area contributed by atoms with E-state index in [0.717, 1.165) is 17.7 Å². The first kappa shape index (κ1) is 19.1. The zero-order valence-electron chi connectivity index (χ0n) is 16.4. The predicted molar refractivity (Wildman–Crippen MR) is 106 cm³/mol. The number of carbonyl (C=O) groups excluding carboxylic acids is 1. The van der Waals surface area contributed by atoms with E-state index >= 15 is 0 Å². The largest absolute Gasteiger partial charge is 0.492 e. The van der Waals surface area contributed by atoms with Crippen molar-refractivity contribution in [3.8, 4) is 17.2 Å². The molecule has 1 N–H and O–H groups in total. The molecule has 1 heterocycles. The minimum absolute atomic E-state index is 0.0685. The van der Waals surface area contributed by atoms with Gasteiger partial charge in [0.25, 0.3) is 5.91 Å². The van der Waals surface area contributed by atoms with Crippen LogP contribution in [-0.4, -0.2) is 25.2 Å². The lowest BCUT2D eigenvalue weighted by molar-refractivity contribution is -0.118. The van der Waals surface area contributed by atoms with Crippen LogP contribution in [0.4, 0.5) is 5.69 Å². The molecule has 1 atom stereocenters. The Balaban J connectivity index is 1.64. The van der Waals surface area contributed by atoms with Gasteiger partial charge >= 0.3 is 0 Å². The summed E-state index contributed by atoms with van der Waals surface area (Å²) >= 11 is 0. The number of amides is 1. The van der Waals surface area contributed by atoms with Crippen LogP contribution in [0.25, 0.3) is 0 Å². The highest BCUT2D eigenvalue weighted by molar-refractivity contribution is 5.93. The highest BCUT2D eigenvalue weighted by Gasteiger charge is 2.22. The first-order valence-electron chi connectivity index (χ1n) is 9.45. The predicted octanol–water partition coefficient (Wildman–Crippen LogP) is 4.55. The van der Waals surface area contributed by atoms with Gasteiger partial charge in [0.05, 0.1) is 12.3 Å². The van der Waals surface area contributed by atoms with Crippen molar-refractivity contribution in [2.24, 2.45) is 0 Å². The SMILES string of the molecule is CCOc1cc2c(cc1NC(=O)COc1ccc(C(C)C)cc1)O[C@@H](C)C2. The zero-order chi connectivity index (χ0) is 19.4. The van der Waals surface area contributed by atoms with Crippen molar-refractivity contribution in [3.05, 3.63) is 47.5 Å². The normalized spacial score (nSPS) is 15.2. The van der Waals surface area contributed by atoms with E-state index in [1.807, 2.05) is 50.2 Å². The standard InChI is InChI=1S/C22H27NO4/c1-5-25-21-11-17-10-15(4)27-20(17)12-19(21)23-22(24)13-26-18-8-6-16(7-9-18)14(2)3/h6-9,11-12,14-15H,5,10,13H2,1-4H3,(H,23,24)/t15-/m0/s1. The maximum absolute atomic E-state index is 12.3. The molecule has 0 fully saturated rings. The molecular weight excluding hydrogens is 342 g/mol. The van der Waals surface area contributed by atoms with E-state index in [0.29, 0.717) is 29.7 Å². The van der Waals surface area contributed by atoms with Crippen molar-refractivity contribution < 1.29 is 19.0 Å². The molecular formula is C22H27NO4. The molecule has 0 aromatic heterocycles. The molecule has 1 aliphatic heterocycles. The van der Waals surface area contributed by atoms with Crippen LogP contribution in [0.1, 0.15) is 44.7 Å². The van der Waals surface area contributed by atoms with E-state index in [4.69, 9.17) is 14.2 Å². The van der Waals surface area contributed by atoms with Crippen molar-refractivity contribution in [1.29, 1.82) is 0 Å². The van der Waals surface area contributed by atoms with Gasteiger partial charge in [0.1, 0.15) is 23.4 Å². The topological polar surface area (TPSA) is 56.8 Å². The second-order valence-corrected chi connectivity index (χ2v) is 7.08. The number of ether oxygens (including phenoxy) is 3. The van der Waals surface area contributed by atoms with Gasteiger partial charge in [0.15, 0.2) is 6.61 Å². The first-order valence-corrected chi connectivity index (χ1v) is 9.45. The van der Waals surface area contributed by atoms with Gasteiger partial charge in [0.2, 0.25) is 0 Å². The maximum atomic E-state index is 12.3. The number of fused-ring (bicyclic) bond motifs is 1. The van der Waals surface area contributed by atoms with E-state index in [1.54, 1.807) is 0 Å². The monoisotopic (exact) mass is 369 g/mol. The van der Waals surface area contributed by atoms with Crippen molar-refractivity contribution in [2.45, 2.75) is 46.1 Å². The number of nitrogens with one attached hydrogen (secondary N) is 1. The van der Waals surface area contributed by atoms with Crippen molar-refractivity contribution >= 4 is 11.6 Å². The van der Waals surface area contributed by atoms with Crippen LogP contribution in [-0.2, 0) is 11.2 Å². The molecule has 0 unspecified atom stereocenters. The Morgan fingerprint density at radius 3 is 2.63 bits per heavy atom. The van der Waals surface area contributed by atoms with E-state index in [1.165, 1.54) is 5.56 Å². The number of anilines is 1. The zero-order valence-corrected chi connectivity index (χ0v) is 16.4. The minimum Gasteiger partial charge on any atom is -0.492 e. The van der Waals surface area contributed by atoms with Gasteiger partial charge in [-0.3, -0.25) is 4.79 Å². The summed E-state index contributed by atoms with van der Waals surface area (Å²) in [5.41, 5.74) is 2.94. The summed E-state index contributed by atoms with van der Waals surface area (Å²) in [6.07, 6.45) is 0.983. The average molecular weight is 369 g/mol. The molecule has 0 bridgehead atoms. The van der Waals surface area contributed by atoms with Crippen LogP contribution >= 0.6 is 0 Å².